The predicted octanol–water partition coefficient (Wildman–Crippen LogP) is 0.577. The zero-order valence-electron chi connectivity index (χ0n) is 11.4. The van der Waals surface area contributed by atoms with Crippen LogP contribution in [-0.2, 0) is 4.79 Å². The maximum Gasteiger partial charge on any atom is 0.235 e. The normalized spacial score (nSPS) is 18.1. The van der Waals surface area contributed by atoms with Crippen LogP contribution in [0.1, 0.15) is 13.3 Å². The first kappa shape index (κ1) is 13.8. The van der Waals surface area contributed by atoms with E-state index < -0.39 is 0 Å². The summed E-state index contributed by atoms with van der Waals surface area (Å²) in [5.41, 5.74) is 3.47. The number of hydrazine groups is 1. The van der Waals surface area contributed by atoms with Gasteiger partial charge in [-0.1, -0.05) is 18.2 Å². The van der Waals surface area contributed by atoms with Gasteiger partial charge in [-0.2, -0.15) is 0 Å². The molecule has 1 amide bonds. The Hall–Kier alpha value is -1.59. The highest BCUT2D eigenvalue weighted by Crippen LogP contribution is 2.17. The molecule has 0 aliphatic carbocycles. The summed E-state index contributed by atoms with van der Waals surface area (Å²) in [6, 6.07) is 10.7. The number of nitrogens with two attached hydrogens (primary N) is 1. The number of anilines is 1. The maximum absolute atomic E-state index is 11.3. The Bertz CT molecular complexity index is 401. The monoisotopic (exact) mass is 262 g/mol. The Morgan fingerprint density at radius 3 is 2.47 bits per heavy atom. The van der Waals surface area contributed by atoms with E-state index in [0.29, 0.717) is 6.42 Å². The zero-order valence-corrected chi connectivity index (χ0v) is 11.4. The van der Waals surface area contributed by atoms with Gasteiger partial charge < -0.3 is 4.90 Å². The summed E-state index contributed by atoms with van der Waals surface area (Å²) in [6.45, 7) is 6.03. The molecule has 0 aromatic heterocycles. The average Bonchev–Trinajstić information content (AvgIpc) is 2.48. The van der Waals surface area contributed by atoms with Crippen molar-refractivity contribution in [3.8, 4) is 0 Å². The van der Waals surface area contributed by atoms with Crippen LogP contribution >= 0.6 is 0 Å². The lowest BCUT2D eigenvalue weighted by Crippen LogP contribution is -2.50. The van der Waals surface area contributed by atoms with Gasteiger partial charge in [0.1, 0.15) is 0 Å². The largest absolute Gasteiger partial charge is 0.369 e. The van der Waals surface area contributed by atoms with Crippen LogP contribution in [0.3, 0.4) is 0 Å². The Morgan fingerprint density at radius 1 is 1.26 bits per heavy atom. The smallest absolute Gasteiger partial charge is 0.235 e. The van der Waals surface area contributed by atoms with E-state index in [0.717, 1.165) is 26.2 Å². The van der Waals surface area contributed by atoms with E-state index in [-0.39, 0.29) is 11.9 Å². The molecule has 19 heavy (non-hydrogen) atoms. The van der Waals surface area contributed by atoms with Crippen LogP contribution in [0, 0.1) is 0 Å². The summed E-state index contributed by atoms with van der Waals surface area (Å²) in [7, 11) is 0. The Balaban J connectivity index is 1.84. The molecule has 1 saturated heterocycles. The number of amides is 1. The van der Waals surface area contributed by atoms with Crippen LogP contribution in [0.2, 0.25) is 0 Å². The Labute approximate surface area is 114 Å². The van der Waals surface area contributed by atoms with E-state index >= 15 is 0 Å². The van der Waals surface area contributed by atoms with Gasteiger partial charge in [0.15, 0.2) is 0 Å². The van der Waals surface area contributed by atoms with Crippen molar-refractivity contribution in [1.29, 1.82) is 0 Å². The Kier molecular flexibility index (Phi) is 4.76. The molecule has 3 N–H and O–H groups in total. The molecule has 0 spiro atoms. The third kappa shape index (κ3) is 3.68. The van der Waals surface area contributed by atoms with E-state index in [9.17, 15) is 4.79 Å². The van der Waals surface area contributed by atoms with Crippen molar-refractivity contribution in [3.63, 3.8) is 0 Å². The van der Waals surface area contributed by atoms with Gasteiger partial charge in [-0.25, -0.2) is 5.84 Å². The lowest BCUT2D eigenvalue weighted by molar-refractivity contribution is -0.122. The molecule has 5 nitrogen and oxygen atoms in total. The number of piperazine rings is 1. The molecule has 1 aromatic carbocycles. The predicted molar refractivity (Wildman–Crippen MR) is 76.6 cm³/mol. The molecule has 1 atom stereocenters. The number of hydrogen-bond acceptors (Lipinski definition) is 4. The summed E-state index contributed by atoms with van der Waals surface area (Å²) < 4.78 is 0. The second-order valence-electron chi connectivity index (χ2n) is 4.98. The second-order valence-corrected chi connectivity index (χ2v) is 4.98. The molecule has 1 aliphatic rings. The number of hydrogen-bond donors (Lipinski definition) is 2. The van der Waals surface area contributed by atoms with Gasteiger partial charge in [-0.3, -0.25) is 15.1 Å². The summed E-state index contributed by atoms with van der Waals surface area (Å²) in [6.07, 6.45) is 0.460. The SMILES string of the molecule is CC(CC(=O)NN)N1CCN(c2ccccc2)CC1. The molecule has 0 saturated carbocycles. The second kappa shape index (κ2) is 6.54. The number of para-hydroxylation sites is 1. The quantitative estimate of drug-likeness (QED) is 0.473. The third-order valence-electron chi connectivity index (χ3n) is 3.70. The van der Waals surface area contributed by atoms with E-state index in [1.165, 1.54) is 5.69 Å². The molecule has 2 rings (SSSR count). The van der Waals surface area contributed by atoms with Crippen LogP contribution < -0.4 is 16.2 Å². The van der Waals surface area contributed by atoms with Crippen molar-refractivity contribution < 1.29 is 4.79 Å². The number of carbonyl (C=O) groups excluding carboxylic acids is 1. The molecule has 1 unspecified atom stereocenters. The molecule has 1 aliphatic heterocycles. The van der Waals surface area contributed by atoms with Gasteiger partial charge in [0.25, 0.3) is 0 Å². The van der Waals surface area contributed by atoms with Crippen LogP contribution in [-0.4, -0.2) is 43.0 Å². The molecular weight excluding hydrogens is 240 g/mol. The van der Waals surface area contributed by atoms with Gasteiger partial charge in [-0.05, 0) is 19.1 Å². The fourth-order valence-electron chi connectivity index (χ4n) is 2.52. The lowest BCUT2D eigenvalue weighted by Gasteiger charge is -2.39. The van der Waals surface area contributed by atoms with E-state index in [1.807, 2.05) is 6.07 Å². The molecule has 0 radical (unpaired) electrons. The fraction of sp³-hybridized carbons (Fsp3) is 0.500. The van der Waals surface area contributed by atoms with E-state index in [2.05, 4.69) is 46.4 Å². The Morgan fingerprint density at radius 2 is 1.89 bits per heavy atom. The maximum atomic E-state index is 11.3. The van der Waals surface area contributed by atoms with Crippen LogP contribution in [0.4, 0.5) is 5.69 Å². The molecule has 0 bridgehead atoms. The zero-order chi connectivity index (χ0) is 13.7. The topological polar surface area (TPSA) is 61.6 Å². The van der Waals surface area contributed by atoms with Gasteiger partial charge in [0, 0.05) is 44.3 Å². The van der Waals surface area contributed by atoms with Crippen molar-refractivity contribution in [3.05, 3.63) is 30.3 Å². The van der Waals surface area contributed by atoms with Crippen LogP contribution in [0.25, 0.3) is 0 Å². The minimum absolute atomic E-state index is 0.0991. The molecule has 1 heterocycles. The number of nitrogens with zero attached hydrogens (tertiary/aromatic N) is 2. The number of benzene rings is 1. The molecule has 5 heteroatoms. The first-order valence-electron chi connectivity index (χ1n) is 6.74. The van der Waals surface area contributed by atoms with Crippen molar-refractivity contribution in [2.75, 3.05) is 31.1 Å². The first-order valence-corrected chi connectivity index (χ1v) is 6.74. The third-order valence-corrected chi connectivity index (χ3v) is 3.70. The number of rotatable bonds is 4. The highest BCUT2D eigenvalue weighted by atomic mass is 16.2. The highest BCUT2D eigenvalue weighted by Gasteiger charge is 2.22. The fourth-order valence-corrected chi connectivity index (χ4v) is 2.52. The summed E-state index contributed by atoms with van der Waals surface area (Å²) >= 11 is 0. The molecular formula is C14H22N4O. The summed E-state index contributed by atoms with van der Waals surface area (Å²) in [5.74, 6) is 5.02. The minimum Gasteiger partial charge on any atom is -0.369 e. The van der Waals surface area contributed by atoms with E-state index in [4.69, 9.17) is 5.84 Å². The van der Waals surface area contributed by atoms with Crippen molar-refractivity contribution >= 4 is 11.6 Å². The number of carbonyl (C=O) groups is 1. The summed E-state index contributed by atoms with van der Waals surface area (Å²) in [4.78, 5) is 16.0. The number of nitrogens with one attached hydrogen (secondary N) is 1. The van der Waals surface area contributed by atoms with Gasteiger partial charge in [-0.15, -0.1) is 0 Å². The van der Waals surface area contributed by atoms with Crippen LogP contribution in [0.15, 0.2) is 30.3 Å². The van der Waals surface area contributed by atoms with Crippen molar-refractivity contribution in [2.45, 2.75) is 19.4 Å². The molecule has 1 aromatic rings. The first-order chi connectivity index (χ1) is 9.20. The van der Waals surface area contributed by atoms with Crippen LogP contribution in [0.5, 0.6) is 0 Å². The average molecular weight is 262 g/mol. The standard InChI is InChI=1S/C14H22N4O/c1-12(11-14(19)16-15)17-7-9-18(10-8-17)13-5-3-2-4-6-13/h2-6,12H,7-11,15H2,1H3,(H,16,19). The van der Waals surface area contributed by atoms with Gasteiger partial charge in [0.05, 0.1) is 0 Å². The van der Waals surface area contributed by atoms with Crippen molar-refractivity contribution in [1.82, 2.24) is 10.3 Å². The van der Waals surface area contributed by atoms with E-state index in [1.54, 1.807) is 0 Å². The molecule has 1 fully saturated rings. The van der Waals surface area contributed by atoms with Crippen molar-refractivity contribution in [2.24, 2.45) is 5.84 Å². The van der Waals surface area contributed by atoms with Gasteiger partial charge in [0.2, 0.25) is 5.91 Å². The minimum atomic E-state index is -0.0991. The summed E-state index contributed by atoms with van der Waals surface area (Å²) in [5, 5.41) is 0. The lowest BCUT2D eigenvalue weighted by atomic mass is 10.1. The van der Waals surface area contributed by atoms with Gasteiger partial charge >= 0.3 is 0 Å². The highest BCUT2D eigenvalue weighted by molar-refractivity contribution is 5.75. The molecule has 104 valence electrons.